The van der Waals surface area contributed by atoms with Gasteiger partial charge in [-0.1, -0.05) is 5.16 Å². The molecule has 82 valence electrons. The van der Waals surface area contributed by atoms with Gasteiger partial charge in [0.15, 0.2) is 0 Å². The zero-order valence-corrected chi connectivity index (χ0v) is 8.53. The van der Waals surface area contributed by atoms with Crippen LogP contribution >= 0.6 is 0 Å². The summed E-state index contributed by atoms with van der Waals surface area (Å²) in [5.74, 6) is 0.204. The first-order valence-electron chi connectivity index (χ1n) is 5.24. The lowest BCUT2D eigenvalue weighted by atomic mass is 9.99. The van der Waals surface area contributed by atoms with Crippen LogP contribution < -0.4 is 10.6 Å². The van der Waals surface area contributed by atoms with Gasteiger partial charge in [0.25, 0.3) is 0 Å². The third-order valence-electron chi connectivity index (χ3n) is 2.60. The minimum atomic E-state index is 0.102. The molecule has 0 unspecified atom stereocenters. The normalized spacial score (nSPS) is 21.2. The first-order chi connectivity index (χ1) is 7.36. The van der Waals surface area contributed by atoms with Crippen LogP contribution in [0.4, 0.5) is 0 Å². The lowest BCUT2D eigenvalue weighted by molar-refractivity contribution is -0.125. The molecule has 0 bridgehead atoms. The van der Waals surface area contributed by atoms with Gasteiger partial charge < -0.3 is 15.2 Å². The highest BCUT2D eigenvalue weighted by atomic mass is 16.5. The number of hydrogen-bond donors (Lipinski definition) is 2. The van der Waals surface area contributed by atoms with Gasteiger partial charge in [0.1, 0.15) is 12.0 Å². The molecule has 0 aliphatic carbocycles. The monoisotopic (exact) mass is 209 g/mol. The Morgan fingerprint density at radius 2 is 2.67 bits per heavy atom. The van der Waals surface area contributed by atoms with Gasteiger partial charge in [-0.3, -0.25) is 4.79 Å². The van der Waals surface area contributed by atoms with Crippen molar-refractivity contribution in [3.05, 3.63) is 18.0 Å². The number of amides is 1. The molecule has 5 heteroatoms. The second kappa shape index (κ2) is 4.93. The third-order valence-corrected chi connectivity index (χ3v) is 2.60. The predicted molar refractivity (Wildman–Crippen MR) is 53.9 cm³/mol. The van der Waals surface area contributed by atoms with Crippen molar-refractivity contribution in [3.8, 4) is 0 Å². The molecule has 0 saturated carbocycles. The molecule has 1 aromatic rings. The number of carbonyl (C=O) groups excluding carboxylic acids is 1. The van der Waals surface area contributed by atoms with Gasteiger partial charge in [0.05, 0.1) is 12.5 Å². The van der Waals surface area contributed by atoms with Gasteiger partial charge in [-0.25, -0.2) is 0 Å². The van der Waals surface area contributed by atoms with Gasteiger partial charge in [0.2, 0.25) is 5.91 Å². The van der Waals surface area contributed by atoms with E-state index in [4.69, 9.17) is 0 Å². The molecule has 5 nitrogen and oxygen atoms in total. The highest BCUT2D eigenvalue weighted by Crippen LogP contribution is 2.09. The van der Waals surface area contributed by atoms with E-state index in [2.05, 4.69) is 20.3 Å². The Morgan fingerprint density at radius 3 is 3.33 bits per heavy atom. The van der Waals surface area contributed by atoms with Crippen LogP contribution in [0, 0.1) is 5.92 Å². The zero-order chi connectivity index (χ0) is 10.5. The van der Waals surface area contributed by atoms with E-state index in [0.717, 1.165) is 31.6 Å². The predicted octanol–water partition coefficient (Wildman–Crippen LogP) is 0.290. The summed E-state index contributed by atoms with van der Waals surface area (Å²) in [6.07, 6.45) is 3.54. The second-order valence-corrected chi connectivity index (χ2v) is 3.75. The van der Waals surface area contributed by atoms with E-state index in [1.165, 1.54) is 6.26 Å². The Bertz CT molecular complexity index is 304. The molecule has 1 aliphatic heterocycles. The lowest BCUT2D eigenvalue weighted by Crippen LogP contribution is -2.40. The maximum atomic E-state index is 11.7. The zero-order valence-electron chi connectivity index (χ0n) is 8.53. The molecule has 1 amide bonds. The van der Waals surface area contributed by atoms with E-state index < -0.39 is 0 Å². The highest BCUT2D eigenvalue weighted by molar-refractivity contribution is 5.78. The number of rotatable bonds is 3. The molecule has 0 aromatic carbocycles. The molecule has 2 heterocycles. The summed E-state index contributed by atoms with van der Waals surface area (Å²) in [5, 5.41) is 9.80. The largest absolute Gasteiger partial charge is 0.364 e. The van der Waals surface area contributed by atoms with Crippen LogP contribution in [0.2, 0.25) is 0 Å². The maximum absolute atomic E-state index is 11.7. The lowest BCUT2D eigenvalue weighted by Gasteiger charge is -2.21. The first-order valence-corrected chi connectivity index (χ1v) is 5.24. The van der Waals surface area contributed by atoms with Crippen molar-refractivity contribution >= 4 is 5.91 Å². The molecule has 15 heavy (non-hydrogen) atoms. The molecule has 2 N–H and O–H groups in total. The molecule has 1 atom stereocenters. The summed E-state index contributed by atoms with van der Waals surface area (Å²) >= 11 is 0. The third kappa shape index (κ3) is 2.79. The van der Waals surface area contributed by atoms with E-state index in [-0.39, 0.29) is 11.8 Å². The van der Waals surface area contributed by atoms with Crippen molar-refractivity contribution in [2.24, 2.45) is 5.92 Å². The number of carbonyl (C=O) groups is 1. The van der Waals surface area contributed by atoms with Crippen LogP contribution in [0.25, 0.3) is 0 Å². The van der Waals surface area contributed by atoms with Gasteiger partial charge in [-0.2, -0.15) is 0 Å². The number of piperidine rings is 1. The number of nitrogens with zero attached hydrogens (tertiary/aromatic N) is 1. The van der Waals surface area contributed by atoms with Crippen molar-refractivity contribution < 1.29 is 9.32 Å². The minimum Gasteiger partial charge on any atom is -0.364 e. The molecule has 1 saturated heterocycles. The molecular weight excluding hydrogens is 194 g/mol. The van der Waals surface area contributed by atoms with Crippen LogP contribution in [0.15, 0.2) is 16.9 Å². The molecule has 2 rings (SSSR count). The van der Waals surface area contributed by atoms with Crippen molar-refractivity contribution in [2.75, 3.05) is 13.1 Å². The quantitative estimate of drug-likeness (QED) is 0.751. The average Bonchev–Trinajstić information content (AvgIpc) is 2.80. The Balaban J connectivity index is 1.76. The van der Waals surface area contributed by atoms with Crippen molar-refractivity contribution in [3.63, 3.8) is 0 Å². The van der Waals surface area contributed by atoms with Crippen molar-refractivity contribution in [2.45, 2.75) is 19.4 Å². The van der Waals surface area contributed by atoms with Gasteiger partial charge >= 0.3 is 0 Å². The fourth-order valence-corrected chi connectivity index (χ4v) is 1.73. The van der Waals surface area contributed by atoms with E-state index in [1.54, 1.807) is 6.07 Å². The summed E-state index contributed by atoms with van der Waals surface area (Å²) in [6, 6.07) is 1.75. The average molecular weight is 209 g/mol. The number of aromatic nitrogens is 1. The topological polar surface area (TPSA) is 67.2 Å². The Kier molecular flexibility index (Phi) is 3.34. The highest BCUT2D eigenvalue weighted by Gasteiger charge is 2.20. The number of hydrogen-bond acceptors (Lipinski definition) is 4. The van der Waals surface area contributed by atoms with E-state index in [9.17, 15) is 4.79 Å². The summed E-state index contributed by atoms with van der Waals surface area (Å²) in [5.41, 5.74) is 0.757. The van der Waals surface area contributed by atoms with Crippen molar-refractivity contribution in [1.82, 2.24) is 15.8 Å². The molecule has 1 aliphatic rings. The summed E-state index contributed by atoms with van der Waals surface area (Å²) in [7, 11) is 0. The molecule has 0 radical (unpaired) electrons. The van der Waals surface area contributed by atoms with Gasteiger partial charge in [-0.05, 0) is 19.4 Å². The van der Waals surface area contributed by atoms with E-state index >= 15 is 0 Å². The molecule has 0 spiro atoms. The van der Waals surface area contributed by atoms with Crippen LogP contribution in [0.3, 0.4) is 0 Å². The smallest absolute Gasteiger partial charge is 0.224 e. The Morgan fingerprint density at radius 1 is 1.73 bits per heavy atom. The van der Waals surface area contributed by atoms with Crippen LogP contribution in [0.5, 0.6) is 0 Å². The van der Waals surface area contributed by atoms with Gasteiger partial charge in [0, 0.05) is 12.6 Å². The van der Waals surface area contributed by atoms with E-state index in [1.807, 2.05) is 0 Å². The van der Waals surface area contributed by atoms with Gasteiger partial charge in [-0.15, -0.1) is 0 Å². The standard InChI is InChI=1S/C10H15N3O2/c14-10(8-2-1-4-11-6-8)12-7-9-3-5-15-13-9/h3,5,8,11H,1-2,4,6-7H2,(H,12,14)/t8-/m0/s1. The summed E-state index contributed by atoms with van der Waals surface area (Å²) in [6.45, 7) is 2.25. The first kappa shape index (κ1) is 10.2. The second-order valence-electron chi connectivity index (χ2n) is 3.75. The van der Waals surface area contributed by atoms with E-state index in [0.29, 0.717) is 6.54 Å². The Hall–Kier alpha value is -1.36. The number of nitrogens with one attached hydrogen (secondary N) is 2. The molecule has 1 aromatic heterocycles. The molecule has 1 fully saturated rings. The van der Waals surface area contributed by atoms with Crippen molar-refractivity contribution in [1.29, 1.82) is 0 Å². The summed E-state index contributed by atoms with van der Waals surface area (Å²) in [4.78, 5) is 11.7. The molecular formula is C10H15N3O2. The SMILES string of the molecule is O=C(NCc1ccon1)[C@H]1CCCNC1. The fraction of sp³-hybridized carbons (Fsp3) is 0.600. The minimum absolute atomic E-state index is 0.102. The van der Waals surface area contributed by atoms with Crippen LogP contribution in [-0.2, 0) is 11.3 Å². The Labute approximate surface area is 88.2 Å². The summed E-state index contributed by atoms with van der Waals surface area (Å²) < 4.78 is 4.68. The maximum Gasteiger partial charge on any atom is 0.224 e. The van der Waals surface area contributed by atoms with Crippen LogP contribution in [0.1, 0.15) is 18.5 Å². The van der Waals surface area contributed by atoms with Crippen LogP contribution in [-0.4, -0.2) is 24.2 Å². The fourth-order valence-electron chi connectivity index (χ4n) is 1.73.